The molecule has 1 aromatic rings. The molecule has 0 radical (unpaired) electrons. The smallest absolute Gasteiger partial charge is 0.305 e. The number of fused-ring (bicyclic) bond motifs is 1. The number of aliphatic carboxylic acids is 1. The maximum atomic E-state index is 14.9. The van der Waals surface area contributed by atoms with Crippen LogP contribution in [0.5, 0.6) is 5.75 Å². The van der Waals surface area contributed by atoms with E-state index < -0.39 is 24.2 Å². The largest absolute Gasteiger partial charge is 0.487 e. The predicted molar refractivity (Wildman–Crippen MR) is 101 cm³/mol. The second-order valence-electron chi connectivity index (χ2n) is 6.87. The van der Waals surface area contributed by atoms with E-state index in [9.17, 15) is 14.4 Å². The van der Waals surface area contributed by atoms with E-state index in [-0.39, 0.29) is 11.7 Å². The molecular weight excluding hydrogens is 355 g/mol. The fourth-order valence-corrected chi connectivity index (χ4v) is 3.04. The first-order chi connectivity index (χ1) is 12.8. The van der Waals surface area contributed by atoms with Gasteiger partial charge in [-0.1, -0.05) is 6.92 Å². The molecular formula is C18H29FN4O4. The van der Waals surface area contributed by atoms with Crippen molar-refractivity contribution in [3.8, 4) is 5.75 Å². The molecule has 0 amide bonds. The number of rotatable bonds is 9. The summed E-state index contributed by atoms with van der Waals surface area (Å²) in [6.07, 6.45) is -0.390. The molecule has 1 aliphatic rings. The third kappa shape index (κ3) is 4.79. The molecule has 0 spiro atoms. The number of carbonyl (C=O) groups is 1. The van der Waals surface area contributed by atoms with E-state index in [0.717, 1.165) is 13.1 Å². The molecule has 0 bridgehead atoms. The zero-order valence-corrected chi connectivity index (χ0v) is 16.3. The van der Waals surface area contributed by atoms with Crippen molar-refractivity contribution in [2.45, 2.75) is 32.4 Å². The van der Waals surface area contributed by atoms with E-state index in [1.807, 2.05) is 38.3 Å². The van der Waals surface area contributed by atoms with Gasteiger partial charge in [-0.2, -0.15) is 5.48 Å². The summed E-state index contributed by atoms with van der Waals surface area (Å²) in [5.74, 6) is -1.31. The summed E-state index contributed by atoms with van der Waals surface area (Å²) in [7, 11) is 3.82. The van der Waals surface area contributed by atoms with Gasteiger partial charge in [0.2, 0.25) is 0 Å². The zero-order chi connectivity index (χ0) is 20.1. The number of ether oxygens (including phenoxy) is 1. The van der Waals surface area contributed by atoms with Crippen LogP contribution in [0.15, 0.2) is 6.07 Å². The van der Waals surface area contributed by atoms with Crippen molar-refractivity contribution in [1.82, 2.24) is 10.4 Å². The third-order valence-electron chi connectivity index (χ3n) is 4.96. The number of nitrogens with zero attached hydrogens (tertiary/aromatic N) is 2. The van der Waals surface area contributed by atoms with Gasteiger partial charge < -0.3 is 30.2 Å². The van der Waals surface area contributed by atoms with Crippen molar-refractivity contribution in [1.29, 1.82) is 0 Å². The van der Waals surface area contributed by atoms with E-state index in [4.69, 9.17) is 9.84 Å². The van der Waals surface area contributed by atoms with E-state index in [0.29, 0.717) is 30.2 Å². The molecule has 0 aromatic heterocycles. The monoisotopic (exact) mass is 384 g/mol. The van der Waals surface area contributed by atoms with Crippen LogP contribution in [0.4, 0.5) is 15.8 Å². The lowest BCUT2D eigenvalue weighted by molar-refractivity contribution is -0.138. The lowest BCUT2D eigenvalue weighted by Crippen LogP contribution is -2.40. The molecule has 9 heteroatoms. The lowest BCUT2D eigenvalue weighted by Gasteiger charge is -2.37. The number of hydrogen-bond acceptors (Lipinski definition) is 7. The van der Waals surface area contributed by atoms with E-state index in [1.54, 1.807) is 0 Å². The van der Waals surface area contributed by atoms with Gasteiger partial charge in [-0.25, -0.2) is 4.39 Å². The molecule has 0 fully saturated rings. The van der Waals surface area contributed by atoms with Crippen molar-refractivity contribution < 1.29 is 24.2 Å². The summed E-state index contributed by atoms with van der Waals surface area (Å²) in [6, 6.07) is 0.326. The van der Waals surface area contributed by atoms with Crippen molar-refractivity contribution in [3.05, 3.63) is 17.4 Å². The number of hydrogen-bond donors (Lipinski definition) is 4. The van der Waals surface area contributed by atoms with Crippen molar-refractivity contribution in [3.63, 3.8) is 0 Å². The Morgan fingerprint density at radius 2 is 2.26 bits per heavy atom. The maximum Gasteiger partial charge on any atom is 0.305 e. The number of carboxylic acids is 1. The molecule has 152 valence electrons. The second-order valence-corrected chi connectivity index (χ2v) is 6.87. The number of hydroxylamine groups is 1. The number of nitrogens with one attached hydrogen (secondary N) is 2. The highest BCUT2D eigenvalue weighted by molar-refractivity contribution is 5.78. The molecule has 27 heavy (non-hydrogen) atoms. The minimum absolute atomic E-state index is 0.0185. The van der Waals surface area contributed by atoms with Crippen LogP contribution in [0, 0.1) is 5.82 Å². The number of benzene rings is 1. The molecule has 4 N–H and O–H groups in total. The highest BCUT2D eigenvalue weighted by Crippen LogP contribution is 2.46. The molecule has 0 saturated carbocycles. The molecule has 1 heterocycles. The van der Waals surface area contributed by atoms with Gasteiger partial charge in [0.15, 0.2) is 11.6 Å². The van der Waals surface area contributed by atoms with Crippen LogP contribution in [-0.4, -0.2) is 67.6 Å². The number of halogens is 1. The van der Waals surface area contributed by atoms with Crippen LogP contribution in [0.2, 0.25) is 0 Å². The normalized spacial score (nSPS) is 17.4. The summed E-state index contributed by atoms with van der Waals surface area (Å²) in [6.45, 7) is 6.53. The van der Waals surface area contributed by atoms with Gasteiger partial charge in [0.05, 0.1) is 24.2 Å². The molecule has 2 unspecified atom stereocenters. The Labute approximate surface area is 158 Å². The summed E-state index contributed by atoms with van der Waals surface area (Å²) in [4.78, 5) is 15.2. The Hall–Kier alpha value is -2.10. The summed E-state index contributed by atoms with van der Waals surface area (Å²) < 4.78 is 20.7. The summed E-state index contributed by atoms with van der Waals surface area (Å²) in [5, 5.41) is 21.7. The first-order valence-corrected chi connectivity index (χ1v) is 9.05. The Balaban J connectivity index is 2.45. The van der Waals surface area contributed by atoms with Crippen molar-refractivity contribution >= 4 is 17.3 Å². The quantitative estimate of drug-likeness (QED) is 0.480. The van der Waals surface area contributed by atoms with Crippen molar-refractivity contribution in [2.75, 3.05) is 50.6 Å². The van der Waals surface area contributed by atoms with Gasteiger partial charge >= 0.3 is 5.97 Å². The van der Waals surface area contributed by atoms with Crippen LogP contribution >= 0.6 is 0 Å². The highest BCUT2D eigenvalue weighted by atomic mass is 19.1. The van der Waals surface area contributed by atoms with E-state index >= 15 is 0 Å². The average molecular weight is 384 g/mol. The highest BCUT2D eigenvalue weighted by Gasteiger charge is 2.32. The minimum Gasteiger partial charge on any atom is -0.487 e. The van der Waals surface area contributed by atoms with Crippen LogP contribution in [0.1, 0.15) is 31.9 Å². The minimum atomic E-state index is -1.10. The molecule has 1 aliphatic heterocycles. The Morgan fingerprint density at radius 3 is 2.85 bits per heavy atom. The molecule has 2 rings (SSSR count). The van der Waals surface area contributed by atoms with Crippen LogP contribution in [-0.2, 0) is 4.79 Å². The number of carboxylic acid groups (broad SMARTS) is 1. The van der Waals surface area contributed by atoms with Gasteiger partial charge in [-0.3, -0.25) is 4.79 Å². The van der Waals surface area contributed by atoms with Crippen molar-refractivity contribution in [2.24, 2.45) is 0 Å². The lowest BCUT2D eigenvalue weighted by atomic mass is 9.98. The Bertz CT molecular complexity index is 673. The van der Waals surface area contributed by atoms with Crippen LogP contribution in [0.3, 0.4) is 0 Å². The average Bonchev–Trinajstić information content (AvgIpc) is 2.63. The first-order valence-electron chi connectivity index (χ1n) is 9.05. The Kier molecular flexibility index (Phi) is 7.23. The maximum absolute atomic E-state index is 14.9. The second kappa shape index (κ2) is 9.20. The van der Waals surface area contributed by atoms with Gasteiger partial charge in [0.25, 0.3) is 0 Å². The number of anilines is 2. The molecule has 2 atom stereocenters. The third-order valence-corrected chi connectivity index (χ3v) is 4.96. The topological polar surface area (TPSA) is 97.3 Å². The fraction of sp³-hybridized carbons (Fsp3) is 0.611. The van der Waals surface area contributed by atoms with E-state index in [1.165, 1.54) is 6.07 Å². The summed E-state index contributed by atoms with van der Waals surface area (Å²) >= 11 is 0. The zero-order valence-electron chi connectivity index (χ0n) is 16.3. The van der Waals surface area contributed by atoms with Gasteiger partial charge in [0.1, 0.15) is 12.3 Å². The van der Waals surface area contributed by atoms with E-state index in [2.05, 4.69) is 10.2 Å². The van der Waals surface area contributed by atoms with Gasteiger partial charge in [0, 0.05) is 25.7 Å². The van der Waals surface area contributed by atoms with Gasteiger partial charge in [-0.15, -0.1) is 0 Å². The number of likely N-dealkylation sites (N-methyl/N-ethyl adjacent to an activating group) is 2. The molecule has 0 saturated heterocycles. The first kappa shape index (κ1) is 21.2. The SMILES string of the molecule is CCN(C)CCNc1c(F)cc(C(CC(=O)O)NO)c2c1OCC(C)N2C. The molecule has 8 nitrogen and oxygen atoms in total. The van der Waals surface area contributed by atoms with Crippen LogP contribution < -0.4 is 20.4 Å². The molecule has 1 aromatic carbocycles. The predicted octanol–water partition coefficient (Wildman–Crippen LogP) is 1.90. The van der Waals surface area contributed by atoms with Crippen LogP contribution in [0.25, 0.3) is 0 Å². The molecule has 0 aliphatic carbocycles. The van der Waals surface area contributed by atoms with Gasteiger partial charge in [-0.05, 0) is 26.6 Å². The summed E-state index contributed by atoms with van der Waals surface area (Å²) in [5.41, 5.74) is 3.17. The Morgan fingerprint density at radius 1 is 1.56 bits per heavy atom. The fourth-order valence-electron chi connectivity index (χ4n) is 3.04. The standard InChI is InChI=1S/C18H29FN4O4/c1-5-22(3)7-6-20-16-13(19)8-12(14(21-26)9-15(24)25)17-18(16)27-10-11(2)23(17)4/h8,11,14,20-21,26H,5-7,9-10H2,1-4H3,(H,24,25).